The van der Waals surface area contributed by atoms with Gasteiger partial charge in [-0.2, -0.15) is 13.2 Å². The van der Waals surface area contributed by atoms with Crippen LogP contribution in [0.3, 0.4) is 0 Å². The van der Waals surface area contributed by atoms with Gasteiger partial charge in [-0.25, -0.2) is 9.37 Å². The molecule has 10 heteroatoms. The van der Waals surface area contributed by atoms with Crippen molar-refractivity contribution in [1.29, 1.82) is 5.41 Å². The summed E-state index contributed by atoms with van der Waals surface area (Å²) in [4.78, 5) is 16.6. The second kappa shape index (κ2) is 10.9. The maximum Gasteiger partial charge on any atom is 0.395 e. The fourth-order valence-corrected chi connectivity index (χ4v) is 4.62. The summed E-state index contributed by atoms with van der Waals surface area (Å²) in [6, 6.07) is 7.62. The van der Waals surface area contributed by atoms with E-state index in [1.165, 1.54) is 12.3 Å². The van der Waals surface area contributed by atoms with Crippen molar-refractivity contribution in [2.45, 2.75) is 63.3 Å². The van der Waals surface area contributed by atoms with Crippen molar-refractivity contribution in [1.82, 2.24) is 10.3 Å². The minimum absolute atomic E-state index is 0.0207. The zero-order valence-corrected chi connectivity index (χ0v) is 20.1. The van der Waals surface area contributed by atoms with E-state index in [1.54, 1.807) is 24.3 Å². The van der Waals surface area contributed by atoms with Crippen LogP contribution < -0.4 is 16.0 Å². The molecule has 0 spiro atoms. The molecule has 1 aromatic carbocycles. The number of hydrogen-bond acceptors (Lipinski definition) is 5. The van der Waals surface area contributed by atoms with Crippen LogP contribution in [0, 0.1) is 11.3 Å². The Morgan fingerprint density at radius 2 is 1.83 bits per heavy atom. The monoisotopic (exact) mass is 505 g/mol. The van der Waals surface area contributed by atoms with Crippen molar-refractivity contribution in [3.05, 3.63) is 53.2 Å². The molecule has 1 aliphatic heterocycles. The van der Waals surface area contributed by atoms with Gasteiger partial charge in [-0.3, -0.25) is 10.2 Å². The number of amides is 1. The van der Waals surface area contributed by atoms with E-state index >= 15 is 0 Å². The van der Waals surface area contributed by atoms with Gasteiger partial charge in [-0.05, 0) is 57.8 Å². The molecule has 1 aliphatic carbocycles. The third kappa shape index (κ3) is 5.69. The molecule has 1 amide bonds. The summed E-state index contributed by atoms with van der Waals surface area (Å²) >= 11 is 0. The highest BCUT2D eigenvalue weighted by Gasteiger charge is 2.41. The number of alkyl halides is 4. The Labute approximate surface area is 207 Å². The Bertz CT molecular complexity index is 1100. The van der Waals surface area contributed by atoms with Gasteiger partial charge in [0.15, 0.2) is 0 Å². The molecule has 4 rings (SSSR count). The molecule has 0 bridgehead atoms. The van der Waals surface area contributed by atoms with Gasteiger partial charge in [-0.15, -0.1) is 0 Å². The highest BCUT2D eigenvalue weighted by atomic mass is 19.4. The quantitative estimate of drug-likeness (QED) is 0.300. The average molecular weight is 506 g/mol. The van der Waals surface area contributed by atoms with Crippen molar-refractivity contribution in [3.63, 3.8) is 0 Å². The number of rotatable bonds is 7. The van der Waals surface area contributed by atoms with E-state index in [-0.39, 0.29) is 34.5 Å². The van der Waals surface area contributed by atoms with Crippen LogP contribution in [0.5, 0.6) is 0 Å². The normalized spacial score (nSPS) is 21.7. The van der Waals surface area contributed by atoms with E-state index in [4.69, 9.17) is 5.41 Å². The average Bonchev–Trinajstić information content (AvgIpc) is 3.00. The van der Waals surface area contributed by atoms with Crippen LogP contribution in [0.1, 0.15) is 61.6 Å². The topological polar surface area (TPSA) is 89.9 Å². The number of para-hydroxylation sites is 1. The molecule has 0 radical (unpaired) electrons. The predicted molar refractivity (Wildman–Crippen MR) is 131 cm³/mol. The summed E-state index contributed by atoms with van der Waals surface area (Å²) in [5.41, 5.74) is 0.430. The van der Waals surface area contributed by atoms with Crippen molar-refractivity contribution in [3.8, 4) is 0 Å². The van der Waals surface area contributed by atoms with E-state index in [9.17, 15) is 22.4 Å². The number of hydrogen-bond donors (Lipinski definition) is 4. The molecule has 2 fully saturated rings. The number of nitrogens with one attached hydrogen (secondary N) is 4. The second-order valence-electron chi connectivity index (χ2n) is 9.52. The Morgan fingerprint density at radius 3 is 2.53 bits per heavy atom. The molecule has 2 aliphatic rings. The van der Waals surface area contributed by atoms with Crippen LogP contribution in [0.25, 0.3) is 0 Å². The molecule has 194 valence electrons. The van der Waals surface area contributed by atoms with E-state index < -0.39 is 24.3 Å². The summed E-state index contributed by atoms with van der Waals surface area (Å²) in [7, 11) is 0. The highest BCUT2D eigenvalue weighted by Crippen LogP contribution is 2.40. The van der Waals surface area contributed by atoms with Gasteiger partial charge in [0.2, 0.25) is 5.91 Å². The van der Waals surface area contributed by atoms with Gasteiger partial charge < -0.3 is 16.0 Å². The molecule has 3 atom stereocenters. The third-order valence-electron chi connectivity index (χ3n) is 7.10. The number of halogens is 4. The second-order valence-corrected chi connectivity index (χ2v) is 9.52. The van der Waals surface area contributed by atoms with E-state index in [0.29, 0.717) is 50.0 Å². The lowest BCUT2D eigenvalue weighted by molar-refractivity contribution is -0.146. The van der Waals surface area contributed by atoms with Crippen molar-refractivity contribution >= 4 is 23.1 Å². The van der Waals surface area contributed by atoms with Crippen LogP contribution in [0.15, 0.2) is 36.5 Å². The number of anilines is 2. The predicted octanol–water partition coefficient (Wildman–Crippen LogP) is 5.40. The molecule has 1 saturated carbocycles. The van der Waals surface area contributed by atoms with Crippen molar-refractivity contribution in [2.75, 3.05) is 23.7 Å². The van der Waals surface area contributed by atoms with Crippen LogP contribution in [-0.2, 0) is 4.79 Å². The lowest BCUT2D eigenvalue weighted by Gasteiger charge is -2.27. The van der Waals surface area contributed by atoms with Crippen molar-refractivity contribution in [2.24, 2.45) is 5.92 Å². The molecule has 2 aromatic rings. The standard InChI is InChI=1S/C26H31F4N5O/c1-15(26(28,29)30)22-18(9-14-33-24(22)35-25(36)16-5-4-6-16)23(31)17-7-2-3-8-20(17)34-21-11-13-32-12-10-19(21)27/h2-3,7-9,14-16,19,21,31-32,34H,4-6,10-13H2,1H3,(H,33,35,36). The van der Waals surface area contributed by atoms with Gasteiger partial charge in [0, 0.05) is 34.5 Å². The number of benzene rings is 1. The first-order chi connectivity index (χ1) is 17.2. The Kier molecular flexibility index (Phi) is 7.92. The van der Waals surface area contributed by atoms with Crippen molar-refractivity contribution < 1.29 is 22.4 Å². The molecule has 36 heavy (non-hydrogen) atoms. The van der Waals surface area contributed by atoms with Crippen LogP contribution in [0.4, 0.5) is 29.1 Å². The molecule has 3 unspecified atom stereocenters. The minimum atomic E-state index is -4.61. The fraction of sp³-hybridized carbons (Fsp3) is 0.500. The zero-order chi connectivity index (χ0) is 25.9. The summed E-state index contributed by atoms with van der Waals surface area (Å²) < 4.78 is 56.5. The van der Waals surface area contributed by atoms with Gasteiger partial charge in [0.1, 0.15) is 12.0 Å². The third-order valence-corrected chi connectivity index (χ3v) is 7.10. The molecule has 2 heterocycles. The van der Waals surface area contributed by atoms with Gasteiger partial charge in [0.05, 0.1) is 17.7 Å². The lowest BCUT2D eigenvalue weighted by Crippen LogP contribution is -2.31. The number of carbonyl (C=O) groups is 1. The SMILES string of the molecule is CC(c1c(C(=N)c2ccccc2NC2CCNCCC2F)ccnc1NC(=O)C1CCC1)C(F)(F)F. The van der Waals surface area contributed by atoms with Crippen LogP contribution in [0.2, 0.25) is 0 Å². The molecular weight excluding hydrogens is 474 g/mol. The minimum Gasteiger partial charge on any atom is -0.379 e. The lowest BCUT2D eigenvalue weighted by atomic mass is 9.84. The zero-order valence-electron chi connectivity index (χ0n) is 20.1. The summed E-state index contributed by atoms with van der Waals surface area (Å²) in [6.07, 6.45) is -1.24. The Hall–Kier alpha value is -3.01. The number of pyridine rings is 1. The Balaban J connectivity index is 1.71. The molecular formula is C26H31F4N5O. The van der Waals surface area contributed by atoms with Gasteiger partial charge in [0.25, 0.3) is 0 Å². The van der Waals surface area contributed by atoms with Gasteiger partial charge in [-0.1, -0.05) is 24.6 Å². The van der Waals surface area contributed by atoms with E-state index in [2.05, 4.69) is 20.9 Å². The number of carbonyl (C=O) groups excluding carboxylic acids is 1. The smallest absolute Gasteiger partial charge is 0.379 e. The Morgan fingerprint density at radius 1 is 1.11 bits per heavy atom. The maximum atomic E-state index is 14.7. The highest BCUT2D eigenvalue weighted by molar-refractivity contribution is 6.15. The summed E-state index contributed by atoms with van der Waals surface area (Å²) in [5.74, 6) is -2.74. The van der Waals surface area contributed by atoms with E-state index in [1.807, 2.05) is 0 Å². The first-order valence-corrected chi connectivity index (χ1v) is 12.3. The summed E-state index contributed by atoms with van der Waals surface area (Å²) in [6.45, 7) is 2.21. The fourth-order valence-electron chi connectivity index (χ4n) is 4.62. The number of aromatic nitrogens is 1. The largest absolute Gasteiger partial charge is 0.395 e. The molecule has 4 N–H and O–H groups in total. The van der Waals surface area contributed by atoms with Gasteiger partial charge >= 0.3 is 6.18 Å². The molecule has 1 saturated heterocycles. The maximum absolute atomic E-state index is 14.7. The van der Waals surface area contributed by atoms with Crippen LogP contribution >= 0.6 is 0 Å². The number of nitrogens with zero attached hydrogens (tertiary/aromatic N) is 1. The molecule has 6 nitrogen and oxygen atoms in total. The summed E-state index contributed by atoms with van der Waals surface area (Å²) in [5, 5.41) is 17.8. The molecule has 1 aromatic heterocycles. The first-order valence-electron chi connectivity index (χ1n) is 12.3. The van der Waals surface area contributed by atoms with Crippen LogP contribution in [-0.4, -0.2) is 48.1 Å². The first kappa shape index (κ1) is 26.1. The van der Waals surface area contributed by atoms with E-state index in [0.717, 1.165) is 13.3 Å².